The molecule has 0 aromatic heterocycles. The zero-order chi connectivity index (χ0) is 19.6. The molecular weight excluding hydrogens is 418 g/mol. The van der Waals surface area contributed by atoms with Crippen molar-refractivity contribution in [2.45, 2.75) is 12.5 Å². The summed E-state index contributed by atoms with van der Waals surface area (Å²) in [5, 5.41) is 3.07. The lowest BCUT2D eigenvalue weighted by molar-refractivity contribution is -0.124. The molecule has 0 bridgehead atoms. The van der Waals surface area contributed by atoms with Crippen molar-refractivity contribution in [2.75, 3.05) is 44.3 Å². The van der Waals surface area contributed by atoms with Gasteiger partial charge in [0.25, 0.3) is 0 Å². The molecule has 6 nitrogen and oxygen atoms in total. The van der Waals surface area contributed by atoms with Gasteiger partial charge >= 0.3 is 0 Å². The van der Waals surface area contributed by atoms with Crippen LogP contribution in [0.1, 0.15) is 18.1 Å². The SMILES string of the molecule is O=C(CN1CCOC(c2cc(F)c(Cl)cc2Cl)C1)NCC1CCS(=O)(=O)C1. The normalized spacial score (nSPS) is 25.4. The molecule has 2 aliphatic heterocycles. The minimum Gasteiger partial charge on any atom is -0.371 e. The molecule has 3 rings (SSSR count). The van der Waals surface area contributed by atoms with E-state index in [-0.39, 0.29) is 34.9 Å². The minimum atomic E-state index is -2.95. The Balaban J connectivity index is 1.52. The summed E-state index contributed by atoms with van der Waals surface area (Å²) in [6, 6.07) is 2.61. The Hall–Kier alpha value is -0.930. The highest BCUT2D eigenvalue weighted by Gasteiger charge is 2.29. The molecular formula is C17H21Cl2FN2O4S. The van der Waals surface area contributed by atoms with E-state index in [1.165, 1.54) is 12.1 Å². The molecule has 1 amide bonds. The van der Waals surface area contributed by atoms with Crippen molar-refractivity contribution < 1.29 is 22.3 Å². The number of sulfone groups is 1. The smallest absolute Gasteiger partial charge is 0.234 e. The fourth-order valence-corrected chi connectivity index (χ4v) is 5.74. The Kier molecular flexibility index (Phi) is 6.63. The summed E-state index contributed by atoms with van der Waals surface area (Å²) in [5.74, 6) is -0.438. The highest BCUT2D eigenvalue weighted by Crippen LogP contribution is 2.32. The number of carbonyl (C=O) groups excluding carboxylic acids is 1. The summed E-state index contributed by atoms with van der Waals surface area (Å²) in [4.78, 5) is 14.1. The molecule has 1 N–H and O–H groups in total. The van der Waals surface area contributed by atoms with E-state index in [2.05, 4.69) is 5.32 Å². The first-order chi connectivity index (χ1) is 12.7. The van der Waals surface area contributed by atoms with E-state index in [9.17, 15) is 17.6 Å². The zero-order valence-corrected chi connectivity index (χ0v) is 16.9. The first-order valence-corrected chi connectivity index (χ1v) is 11.3. The second kappa shape index (κ2) is 8.61. The molecule has 150 valence electrons. The number of carbonyl (C=O) groups is 1. The molecule has 10 heteroatoms. The van der Waals surface area contributed by atoms with Gasteiger partial charge in [0.05, 0.1) is 35.8 Å². The molecule has 1 aromatic rings. The van der Waals surface area contributed by atoms with Crippen LogP contribution < -0.4 is 5.32 Å². The fourth-order valence-electron chi connectivity index (χ4n) is 3.37. The number of morpholine rings is 1. The van der Waals surface area contributed by atoms with Crippen molar-refractivity contribution in [3.05, 3.63) is 33.6 Å². The number of hydrogen-bond donors (Lipinski definition) is 1. The summed E-state index contributed by atoms with van der Waals surface area (Å²) < 4.78 is 42.4. The van der Waals surface area contributed by atoms with Gasteiger partial charge in [-0.1, -0.05) is 23.2 Å². The van der Waals surface area contributed by atoms with Crippen molar-refractivity contribution in [1.29, 1.82) is 0 Å². The van der Waals surface area contributed by atoms with Gasteiger partial charge in [0, 0.05) is 30.2 Å². The number of hydrogen-bond acceptors (Lipinski definition) is 5. The summed E-state index contributed by atoms with van der Waals surface area (Å²) in [7, 11) is -2.95. The van der Waals surface area contributed by atoms with E-state index in [4.69, 9.17) is 27.9 Å². The second-order valence-electron chi connectivity index (χ2n) is 6.96. The van der Waals surface area contributed by atoms with Crippen LogP contribution >= 0.6 is 23.2 Å². The molecule has 27 heavy (non-hydrogen) atoms. The molecule has 2 fully saturated rings. The highest BCUT2D eigenvalue weighted by atomic mass is 35.5. The van der Waals surface area contributed by atoms with E-state index in [0.717, 1.165) is 0 Å². The maximum Gasteiger partial charge on any atom is 0.234 e. The fraction of sp³-hybridized carbons (Fsp3) is 0.588. The van der Waals surface area contributed by atoms with Gasteiger partial charge in [0.1, 0.15) is 5.82 Å². The third-order valence-corrected chi connectivity index (χ3v) is 7.27. The maximum atomic E-state index is 13.8. The zero-order valence-electron chi connectivity index (χ0n) is 14.6. The molecule has 0 spiro atoms. The lowest BCUT2D eigenvalue weighted by Crippen LogP contribution is -2.45. The van der Waals surface area contributed by atoms with E-state index in [1.54, 1.807) is 0 Å². The Morgan fingerprint density at radius 1 is 1.33 bits per heavy atom. The Labute approximate surface area is 167 Å². The van der Waals surface area contributed by atoms with Crippen molar-refractivity contribution in [1.82, 2.24) is 10.2 Å². The first-order valence-electron chi connectivity index (χ1n) is 8.69. The van der Waals surface area contributed by atoms with Crippen LogP contribution in [-0.4, -0.2) is 63.5 Å². The quantitative estimate of drug-likeness (QED) is 0.711. The molecule has 1 aromatic carbocycles. The van der Waals surface area contributed by atoms with Crippen LogP contribution in [0.2, 0.25) is 10.0 Å². The Bertz CT molecular complexity index is 821. The first kappa shape index (κ1) is 20.8. The summed E-state index contributed by atoms with van der Waals surface area (Å²) in [5.41, 5.74) is 0.500. The number of amides is 1. The third-order valence-electron chi connectivity index (χ3n) is 4.82. The predicted molar refractivity (Wildman–Crippen MR) is 101 cm³/mol. The van der Waals surface area contributed by atoms with Crippen molar-refractivity contribution in [3.63, 3.8) is 0 Å². The summed E-state index contributed by atoms with van der Waals surface area (Å²) in [6.45, 7) is 1.87. The molecule has 2 aliphatic rings. The van der Waals surface area contributed by atoms with Gasteiger partial charge in [0.2, 0.25) is 5.91 Å². The highest BCUT2D eigenvalue weighted by molar-refractivity contribution is 7.91. The van der Waals surface area contributed by atoms with Crippen LogP contribution in [0.5, 0.6) is 0 Å². The molecule has 2 heterocycles. The number of rotatable bonds is 5. The van der Waals surface area contributed by atoms with Crippen molar-refractivity contribution in [2.24, 2.45) is 5.92 Å². The standard InChI is InChI=1S/C17H21Cl2FN2O4S/c18-13-6-14(19)15(20)5-12(13)16-8-22(2-3-26-16)9-17(23)21-7-11-1-4-27(24,25)10-11/h5-6,11,16H,1-4,7-10H2,(H,21,23). The number of halogens is 3. The molecule has 2 saturated heterocycles. The van der Waals surface area contributed by atoms with Crippen LogP contribution in [0.3, 0.4) is 0 Å². The Morgan fingerprint density at radius 3 is 2.81 bits per heavy atom. The maximum absolute atomic E-state index is 13.8. The van der Waals surface area contributed by atoms with Crippen LogP contribution in [0.4, 0.5) is 4.39 Å². The Morgan fingerprint density at radius 2 is 2.11 bits per heavy atom. The topological polar surface area (TPSA) is 75.7 Å². The summed E-state index contributed by atoms with van der Waals surface area (Å²) in [6.07, 6.45) is 0.133. The van der Waals surface area contributed by atoms with Gasteiger partial charge in [-0.2, -0.15) is 0 Å². The number of ether oxygens (including phenoxy) is 1. The molecule has 0 saturated carbocycles. The van der Waals surface area contributed by atoms with Crippen LogP contribution in [0.25, 0.3) is 0 Å². The minimum absolute atomic E-state index is 0.0211. The van der Waals surface area contributed by atoms with Gasteiger partial charge in [-0.3, -0.25) is 9.69 Å². The lowest BCUT2D eigenvalue weighted by atomic mass is 10.1. The molecule has 0 radical (unpaired) electrons. The third kappa shape index (κ3) is 5.54. The number of benzene rings is 1. The molecule has 0 aliphatic carbocycles. The van der Waals surface area contributed by atoms with Crippen molar-refractivity contribution >= 4 is 38.9 Å². The van der Waals surface area contributed by atoms with E-state index in [1.807, 2.05) is 4.90 Å². The van der Waals surface area contributed by atoms with E-state index in [0.29, 0.717) is 43.2 Å². The van der Waals surface area contributed by atoms with Gasteiger partial charge in [0.15, 0.2) is 9.84 Å². The van der Waals surface area contributed by atoms with Crippen LogP contribution in [-0.2, 0) is 19.4 Å². The lowest BCUT2D eigenvalue weighted by Gasteiger charge is -2.33. The largest absolute Gasteiger partial charge is 0.371 e. The second-order valence-corrected chi connectivity index (χ2v) is 10.00. The average Bonchev–Trinajstić information content (AvgIpc) is 2.95. The molecule has 2 unspecified atom stereocenters. The van der Waals surface area contributed by atoms with E-state index < -0.39 is 21.8 Å². The van der Waals surface area contributed by atoms with Gasteiger partial charge in [-0.15, -0.1) is 0 Å². The van der Waals surface area contributed by atoms with Gasteiger partial charge in [-0.25, -0.2) is 12.8 Å². The number of nitrogens with one attached hydrogen (secondary N) is 1. The number of nitrogens with zero attached hydrogens (tertiary/aromatic N) is 1. The average molecular weight is 439 g/mol. The monoisotopic (exact) mass is 438 g/mol. The summed E-state index contributed by atoms with van der Waals surface area (Å²) >= 11 is 11.9. The molecule has 2 atom stereocenters. The van der Waals surface area contributed by atoms with E-state index >= 15 is 0 Å². The van der Waals surface area contributed by atoms with Crippen molar-refractivity contribution in [3.8, 4) is 0 Å². The van der Waals surface area contributed by atoms with Gasteiger partial charge < -0.3 is 10.1 Å². The van der Waals surface area contributed by atoms with Crippen LogP contribution in [0, 0.1) is 11.7 Å². The van der Waals surface area contributed by atoms with Crippen LogP contribution in [0.15, 0.2) is 12.1 Å². The predicted octanol–water partition coefficient (Wildman–Crippen LogP) is 2.06. The van der Waals surface area contributed by atoms with Gasteiger partial charge in [-0.05, 0) is 24.5 Å².